The van der Waals surface area contributed by atoms with Gasteiger partial charge in [0.1, 0.15) is 18.2 Å². The number of hydrogen-bond acceptors (Lipinski definition) is 6. The van der Waals surface area contributed by atoms with Gasteiger partial charge in [0.05, 0.1) is 0 Å². The highest BCUT2D eigenvalue weighted by Crippen LogP contribution is 2.22. The predicted molar refractivity (Wildman–Crippen MR) is 157 cm³/mol. The van der Waals surface area contributed by atoms with Crippen molar-refractivity contribution < 1.29 is 29.0 Å². The van der Waals surface area contributed by atoms with E-state index in [1.165, 1.54) is 64.2 Å². The van der Waals surface area contributed by atoms with Gasteiger partial charge in [0, 0.05) is 18.5 Å². The van der Waals surface area contributed by atoms with Crippen LogP contribution < -0.4 is 10.6 Å². The molecular weight excluding hydrogens is 508 g/mol. The smallest absolute Gasteiger partial charge is 0.408 e. The SMILES string of the molecule is C1CCC(NC2CCCCC2)CC1.CC(C)(C)OC(=O)CCCCC[C@H](NC(=O)OCc1ccccc1)C(=O)O. The Kier molecular flexibility index (Phi) is 15.7. The minimum Gasteiger partial charge on any atom is -0.480 e. The van der Waals surface area contributed by atoms with Crippen molar-refractivity contribution in [3.8, 4) is 0 Å². The first-order chi connectivity index (χ1) is 19.1. The van der Waals surface area contributed by atoms with E-state index in [4.69, 9.17) is 9.47 Å². The van der Waals surface area contributed by atoms with Crippen LogP contribution in [0.5, 0.6) is 0 Å². The lowest BCUT2D eigenvalue weighted by molar-refractivity contribution is -0.155. The molecule has 0 aromatic heterocycles. The highest BCUT2D eigenvalue weighted by atomic mass is 16.6. The van der Waals surface area contributed by atoms with E-state index < -0.39 is 23.7 Å². The second-order valence-corrected chi connectivity index (χ2v) is 12.1. The molecule has 1 atom stereocenters. The Bertz CT molecular complexity index is 842. The van der Waals surface area contributed by atoms with E-state index in [9.17, 15) is 19.5 Å². The number of rotatable bonds is 12. The third-order valence-electron chi connectivity index (χ3n) is 7.28. The number of ether oxygens (including phenoxy) is 2. The minimum absolute atomic E-state index is 0.0783. The fraction of sp³-hybridized carbons (Fsp3) is 0.719. The molecule has 2 fully saturated rings. The van der Waals surface area contributed by atoms with E-state index in [0.29, 0.717) is 25.7 Å². The van der Waals surface area contributed by atoms with Gasteiger partial charge < -0.3 is 25.2 Å². The first-order valence-electron chi connectivity index (χ1n) is 15.3. The highest BCUT2D eigenvalue weighted by Gasteiger charge is 2.21. The van der Waals surface area contributed by atoms with Gasteiger partial charge in [0.25, 0.3) is 0 Å². The topological polar surface area (TPSA) is 114 Å². The van der Waals surface area contributed by atoms with Gasteiger partial charge in [-0.15, -0.1) is 0 Å². The monoisotopic (exact) mass is 560 g/mol. The predicted octanol–water partition coefficient (Wildman–Crippen LogP) is 6.90. The summed E-state index contributed by atoms with van der Waals surface area (Å²) in [4.78, 5) is 34.7. The van der Waals surface area contributed by atoms with Crippen molar-refractivity contribution in [3.63, 3.8) is 0 Å². The number of benzene rings is 1. The summed E-state index contributed by atoms with van der Waals surface area (Å²) < 4.78 is 10.3. The Hall–Kier alpha value is -2.61. The zero-order chi connectivity index (χ0) is 29.2. The van der Waals surface area contributed by atoms with E-state index in [0.717, 1.165) is 17.6 Å². The molecule has 1 amide bonds. The third kappa shape index (κ3) is 15.8. The highest BCUT2D eigenvalue weighted by molar-refractivity contribution is 5.79. The van der Waals surface area contributed by atoms with Crippen LogP contribution in [0.3, 0.4) is 0 Å². The van der Waals surface area contributed by atoms with Crippen LogP contribution in [0.2, 0.25) is 0 Å². The van der Waals surface area contributed by atoms with Crippen LogP contribution in [0, 0.1) is 0 Å². The molecule has 0 heterocycles. The van der Waals surface area contributed by atoms with E-state index >= 15 is 0 Å². The standard InChI is InChI=1S/C20H29NO6.C12H23N/c1-20(2,3)27-17(22)13-9-5-8-12-16(18(23)24)21-19(25)26-14-15-10-6-4-7-11-15;1-3-7-11(8-4-1)13-12-9-5-2-6-10-12/h4,6-7,10-11,16H,5,8-9,12-14H2,1-3H3,(H,21,25)(H,23,24);11-13H,1-10H2/t16-;/m0./s1. The Balaban J connectivity index is 0.000000355. The first-order valence-corrected chi connectivity index (χ1v) is 15.3. The lowest BCUT2D eigenvalue weighted by Gasteiger charge is -2.30. The van der Waals surface area contributed by atoms with Crippen LogP contribution in [0.1, 0.15) is 123 Å². The number of carbonyl (C=O) groups is 3. The van der Waals surface area contributed by atoms with Gasteiger partial charge in [-0.25, -0.2) is 9.59 Å². The lowest BCUT2D eigenvalue weighted by atomic mass is 9.91. The van der Waals surface area contributed by atoms with E-state index in [-0.39, 0.29) is 19.0 Å². The number of carboxylic acid groups (broad SMARTS) is 1. The number of carboxylic acids is 1. The van der Waals surface area contributed by atoms with Gasteiger partial charge in [0.2, 0.25) is 0 Å². The zero-order valence-corrected chi connectivity index (χ0v) is 24.9. The summed E-state index contributed by atoms with van der Waals surface area (Å²) in [7, 11) is 0. The van der Waals surface area contributed by atoms with Crippen LogP contribution in [0.4, 0.5) is 4.79 Å². The molecule has 0 saturated heterocycles. The first kappa shape index (κ1) is 33.6. The van der Waals surface area contributed by atoms with Crippen molar-refractivity contribution in [1.82, 2.24) is 10.6 Å². The fourth-order valence-corrected chi connectivity index (χ4v) is 5.22. The Morgan fingerprint density at radius 2 is 1.45 bits per heavy atom. The molecule has 1 aromatic rings. The number of esters is 1. The lowest BCUT2D eigenvalue weighted by Crippen LogP contribution is -2.41. The third-order valence-corrected chi connectivity index (χ3v) is 7.28. The number of hydrogen-bond donors (Lipinski definition) is 3. The van der Waals surface area contributed by atoms with Crippen LogP contribution >= 0.6 is 0 Å². The molecular formula is C32H52N2O6. The number of amides is 1. The number of carbonyl (C=O) groups excluding carboxylic acids is 2. The summed E-state index contributed by atoms with van der Waals surface area (Å²) in [6.07, 6.45) is 16.2. The summed E-state index contributed by atoms with van der Waals surface area (Å²) >= 11 is 0. The molecule has 2 aliphatic carbocycles. The number of aliphatic carboxylic acids is 1. The maximum absolute atomic E-state index is 11.8. The van der Waals surface area contributed by atoms with Gasteiger partial charge in [0.15, 0.2) is 0 Å². The summed E-state index contributed by atoms with van der Waals surface area (Å²) in [6, 6.07) is 9.86. The van der Waals surface area contributed by atoms with Crippen molar-refractivity contribution in [2.24, 2.45) is 0 Å². The van der Waals surface area contributed by atoms with Crippen molar-refractivity contribution in [1.29, 1.82) is 0 Å². The molecule has 8 heteroatoms. The zero-order valence-electron chi connectivity index (χ0n) is 24.9. The molecule has 1 aromatic carbocycles. The minimum atomic E-state index is -1.11. The van der Waals surface area contributed by atoms with Crippen molar-refractivity contribution in [2.45, 2.75) is 147 Å². The second-order valence-electron chi connectivity index (χ2n) is 12.1. The van der Waals surface area contributed by atoms with Crippen molar-refractivity contribution in [3.05, 3.63) is 35.9 Å². The van der Waals surface area contributed by atoms with Crippen LogP contribution in [0.15, 0.2) is 30.3 Å². The molecule has 2 aliphatic rings. The van der Waals surface area contributed by atoms with Crippen LogP contribution in [-0.2, 0) is 25.7 Å². The molecule has 0 bridgehead atoms. The van der Waals surface area contributed by atoms with Gasteiger partial charge in [-0.3, -0.25) is 4.79 Å². The molecule has 3 N–H and O–H groups in total. The Morgan fingerprint density at radius 3 is 1.98 bits per heavy atom. The second kappa shape index (κ2) is 18.7. The molecule has 2 saturated carbocycles. The van der Waals surface area contributed by atoms with Crippen molar-refractivity contribution in [2.75, 3.05) is 0 Å². The quantitative estimate of drug-likeness (QED) is 0.188. The molecule has 40 heavy (non-hydrogen) atoms. The molecule has 0 radical (unpaired) electrons. The van der Waals surface area contributed by atoms with Crippen LogP contribution in [0.25, 0.3) is 0 Å². The Labute approximate surface area is 241 Å². The summed E-state index contributed by atoms with van der Waals surface area (Å²) in [5.41, 5.74) is 0.317. The van der Waals surface area contributed by atoms with Crippen molar-refractivity contribution >= 4 is 18.0 Å². The summed E-state index contributed by atoms with van der Waals surface area (Å²) in [5, 5.41) is 15.5. The van der Waals surface area contributed by atoms with Crippen LogP contribution in [-0.4, -0.2) is 46.9 Å². The summed E-state index contributed by atoms with van der Waals surface area (Å²) in [5.74, 6) is -1.38. The molecule has 8 nitrogen and oxygen atoms in total. The number of nitrogens with one attached hydrogen (secondary N) is 2. The van der Waals surface area contributed by atoms with Gasteiger partial charge in [-0.05, 0) is 64.9 Å². The average molecular weight is 561 g/mol. The largest absolute Gasteiger partial charge is 0.480 e. The van der Waals surface area contributed by atoms with E-state index in [1.807, 2.05) is 51.1 Å². The van der Waals surface area contributed by atoms with Gasteiger partial charge in [-0.1, -0.05) is 81.7 Å². The normalized spacial score (nSPS) is 17.2. The maximum Gasteiger partial charge on any atom is 0.408 e. The number of alkyl carbamates (subject to hydrolysis) is 1. The Morgan fingerprint density at radius 1 is 0.875 bits per heavy atom. The molecule has 0 unspecified atom stereocenters. The van der Waals surface area contributed by atoms with Gasteiger partial charge in [-0.2, -0.15) is 0 Å². The number of unbranched alkanes of at least 4 members (excludes halogenated alkanes) is 2. The van der Waals surface area contributed by atoms with E-state index in [1.54, 1.807) is 0 Å². The maximum atomic E-state index is 11.8. The summed E-state index contributed by atoms with van der Waals surface area (Å²) in [6.45, 7) is 5.51. The van der Waals surface area contributed by atoms with E-state index in [2.05, 4.69) is 10.6 Å². The van der Waals surface area contributed by atoms with Gasteiger partial charge >= 0.3 is 18.0 Å². The fourth-order valence-electron chi connectivity index (χ4n) is 5.22. The molecule has 3 rings (SSSR count). The molecule has 0 spiro atoms. The molecule has 226 valence electrons. The average Bonchev–Trinajstić information content (AvgIpc) is 2.92. The molecule has 0 aliphatic heterocycles.